The molecular weight excluding hydrogens is 378 g/mol. The Balaban J connectivity index is 1.17. The molecule has 4 heterocycles. The summed E-state index contributed by atoms with van der Waals surface area (Å²) >= 11 is 0. The molecule has 7 nitrogen and oxygen atoms in total. The zero-order valence-electron chi connectivity index (χ0n) is 17.0. The van der Waals surface area contributed by atoms with Gasteiger partial charge in [-0.25, -0.2) is 9.97 Å². The van der Waals surface area contributed by atoms with Gasteiger partial charge in [-0.2, -0.15) is 0 Å². The van der Waals surface area contributed by atoms with E-state index in [1.807, 2.05) is 48.7 Å². The van der Waals surface area contributed by atoms with Gasteiger partial charge in [-0.05, 0) is 24.3 Å². The van der Waals surface area contributed by atoms with Crippen molar-refractivity contribution in [2.75, 3.05) is 44.2 Å². The maximum absolute atomic E-state index is 10.7. The lowest BCUT2D eigenvalue weighted by Crippen LogP contribution is -2.53. The minimum absolute atomic E-state index is 0.163. The maximum atomic E-state index is 10.7. The summed E-state index contributed by atoms with van der Waals surface area (Å²) in [6, 6.07) is 16.1. The highest BCUT2D eigenvalue weighted by atomic mass is 16.3. The van der Waals surface area contributed by atoms with Crippen molar-refractivity contribution < 1.29 is 9.52 Å². The summed E-state index contributed by atoms with van der Waals surface area (Å²) in [7, 11) is 0. The van der Waals surface area contributed by atoms with Gasteiger partial charge in [0.15, 0.2) is 0 Å². The summed E-state index contributed by atoms with van der Waals surface area (Å²) in [5.74, 6) is 1.68. The number of benzene rings is 1. The highest BCUT2D eigenvalue weighted by Gasteiger charge is 2.37. The van der Waals surface area contributed by atoms with Crippen LogP contribution in [0.25, 0.3) is 11.5 Å². The molecule has 1 aromatic carbocycles. The number of hydrogen-bond acceptors (Lipinski definition) is 7. The second kappa shape index (κ2) is 8.55. The van der Waals surface area contributed by atoms with Crippen LogP contribution >= 0.6 is 0 Å². The van der Waals surface area contributed by atoms with Gasteiger partial charge in [0.1, 0.15) is 12.1 Å². The van der Waals surface area contributed by atoms with E-state index < -0.39 is 0 Å². The standard InChI is InChI=1S/C23H27N5O2/c29-21-16-26(14-19-17-30-23(25-19)18-6-2-1-3-7-18)15-20(21)27-10-12-28(13-11-27)22-8-4-5-9-24-22/h1-9,17,20-21,29H,10-16H2/t20-,21-/m0/s1. The topological polar surface area (TPSA) is 68.9 Å². The Morgan fingerprint density at radius 3 is 2.53 bits per heavy atom. The van der Waals surface area contributed by atoms with Crippen molar-refractivity contribution in [3.63, 3.8) is 0 Å². The molecule has 3 aromatic rings. The summed E-state index contributed by atoms with van der Waals surface area (Å²) in [5.41, 5.74) is 1.88. The maximum Gasteiger partial charge on any atom is 0.226 e. The Bertz CT molecular complexity index is 940. The number of rotatable bonds is 5. The quantitative estimate of drug-likeness (QED) is 0.697. The van der Waals surface area contributed by atoms with E-state index in [9.17, 15) is 5.11 Å². The van der Waals surface area contributed by atoms with Gasteiger partial charge in [0.25, 0.3) is 0 Å². The molecule has 2 fully saturated rings. The van der Waals surface area contributed by atoms with E-state index >= 15 is 0 Å². The minimum atomic E-state index is -0.341. The summed E-state index contributed by atoms with van der Waals surface area (Å²) in [5, 5.41) is 10.7. The summed E-state index contributed by atoms with van der Waals surface area (Å²) in [6.07, 6.45) is 3.23. The van der Waals surface area contributed by atoms with Crippen LogP contribution in [0, 0.1) is 0 Å². The SMILES string of the molecule is O[C@H]1CN(Cc2coc(-c3ccccc3)n2)C[C@@H]1N1CCN(c2ccccn2)CC1. The Hall–Kier alpha value is -2.74. The van der Waals surface area contributed by atoms with E-state index in [1.165, 1.54) is 0 Å². The van der Waals surface area contributed by atoms with Crippen LogP contribution in [-0.4, -0.2) is 76.3 Å². The van der Waals surface area contributed by atoms with Crippen molar-refractivity contribution in [2.45, 2.75) is 18.7 Å². The van der Waals surface area contributed by atoms with Gasteiger partial charge in [-0.15, -0.1) is 0 Å². The van der Waals surface area contributed by atoms with Crippen molar-refractivity contribution in [3.05, 3.63) is 66.7 Å². The van der Waals surface area contributed by atoms with E-state index in [0.29, 0.717) is 19.0 Å². The van der Waals surface area contributed by atoms with Crippen LogP contribution in [-0.2, 0) is 6.54 Å². The molecule has 7 heteroatoms. The first kappa shape index (κ1) is 19.2. The summed E-state index contributed by atoms with van der Waals surface area (Å²) in [6.45, 7) is 5.95. The fraction of sp³-hybridized carbons (Fsp3) is 0.391. The number of aromatic nitrogens is 2. The first-order chi connectivity index (χ1) is 14.8. The average Bonchev–Trinajstić information content (AvgIpc) is 3.42. The molecule has 0 aliphatic carbocycles. The molecule has 0 spiro atoms. The molecule has 0 amide bonds. The molecule has 2 aromatic heterocycles. The van der Waals surface area contributed by atoms with Crippen LogP contribution in [0.4, 0.5) is 5.82 Å². The van der Waals surface area contributed by atoms with Gasteiger partial charge in [-0.3, -0.25) is 9.80 Å². The largest absolute Gasteiger partial charge is 0.444 e. The number of oxazole rings is 1. The number of pyridine rings is 1. The molecule has 1 N–H and O–H groups in total. The highest BCUT2D eigenvalue weighted by molar-refractivity contribution is 5.52. The van der Waals surface area contributed by atoms with Gasteiger partial charge in [0.05, 0.1) is 11.8 Å². The first-order valence-corrected chi connectivity index (χ1v) is 10.6. The zero-order chi connectivity index (χ0) is 20.3. The van der Waals surface area contributed by atoms with Crippen molar-refractivity contribution in [1.82, 2.24) is 19.8 Å². The lowest BCUT2D eigenvalue weighted by molar-refractivity contribution is 0.0790. The van der Waals surface area contributed by atoms with E-state index in [4.69, 9.17) is 4.42 Å². The number of aliphatic hydroxyl groups is 1. The van der Waals surface area contributed by atoms with Crippen molar-refractivity contribution in [1.29, 1.82) is 0 Å². The van der Waals surface area contributed by atoms with Crippen molar-refractivity contribution in [2.24, 2.45) is 0 Å². The second-order valence-corrected chi connectivity index (χ2v) is 8.05. The highest BCUT2D eigenvalue weighted by Crippen LogP contribution is 2.23. The van der Waals surface area contributed by atoms with E-state index in [1.54, 1.807) is 6.26 Å². The molecule has 0 bridgehead atoms. The Kier molecular flexibility index (Phi) is 5.48. The number of nitrogens with zero attached hydrogens (tertiary/aromatic N) is 5. The van der Waals surface area contributed by atoms with Crippen molar-refractivity contribution >= 4 is 5.82 Å². The predicted molar refractivity (Wildman–Crippen MR) is 115 cm³/mol. The van der Waals surface area contributed by atoms with Crippen molar-refractivity contribution in [3.8, 4) is 11.5 Å². The summed E-state index contributed by atoms with van der Waals surface area (Å²) in [4.78, 5) is 16.1. The molecule has 2 aliphatic rings. The molecule has 0 radical (unpaired) electrons. The Morgan fingerprint density at radius 2 is 1.77 bits per heavy atom. The molecule has 2 atom stereocenters. The number of aliphatic hydroxyl groups excluding tert-OH is 1. The van der Waals surface area contributed by atoms with Gasteiger partial charge in [0, 0.05) is 63.6 Å². The third-order valence-electron chi connectivity index (χ3n) is 6.05. The lowest BCUT2D eigenvalue weighted by Gasteiger charge is -2.39. The van der Waals surface area contributed by atoms with Crippen LogP contribution in [0.3, 0.4) is 0 Å². The second-order valence-electron chi connectivity index (χ2n) is 8.05. The third kappa shape index (κ3) is 4.09. The fourth-order valence-electron chi connectivity index (χ4n) is 4.48. The zero-order valence-corrected chi connectivity index (χ0v) is 17.0. The average molecular weight is 406 g/mol. The van der Waals surface area contributed by atoms with Crippen LogP contribution in [0.15, 0.2) is 65.4 Å². The molecular formula is C23H27N5O2. The van der Waals surface area contributed by atoms with Gasteiger partial charge in [0.2, 0.25) is 5.89 Å². The molecule has 0 unspecified atom stereocenters. The number of β-amino-alcohol motifs (C(OH)–C–C–N with tert-alkyl or cyclic N) is 1. The lowest BCUT2D eigenvalue weighted by atomic mass is 10.1. The van der Waals surface area contributed by atoms with E-state index in [-0.39, 0.29) is 12.1 Å². The monoisotopic (exact) mass is 405 g/mol. The Morgan fingerprint density at radius 1 is 0.967 bits per heavy atom. The molecule has 2 saturated heterocycles. The van der Waals surface area contributed by atoms with Gasteiger partial charge < -0.3 is 14.4 Å². The third-order valence-corrected chi connectivity index (χ3v) is 6.05. The minimum Gasteiger partial charge on any atom is -0.444 e. The van der Waals surface area contributed by atoms with Crippen LogP contribution in [0.5, 0.6) is 0 Å². The van der Waals surface area contributed by atoms with Gasteiger partial charge in [-0.1, -0.05) is 24.3 Å². The first-order valence-electron chi connectivity index (χ1n) is 10.6. The van der Waals surface area contributed by atoms with Crippen LogP contribution in [0.1, 0.15) is 5.69 Å². The van der Waals surface area contributed by atoms with Crippen LogP contribution in [0.2, 0.25) is 0 Å². The smallest absolute Gasteiger partial charge is 0.226 e. The number of likely N-dealkylation sites (tertiary alicyclic amines) is 1. The number of anilines is 1. The number of hydrogen-bond donors (Lipinski definition) is 1. The Labute approximate surface area is 176 Å². The molecule has 156 valence electrons. The predicted octanol–water partition coefficient (Wildman–Crippen LogP) is 2.10. The molecule has 5 rings (SSSR count). The summed E-state index contributed by atoms with van der Waals surface area (Å²) < 4.78 is 5.66. The molecule has 0 saturated carbocycles. The van der Waals surface area contributed by atoms with E-state index in [2.05, 4.69) is 30.7 Å². The van der Waals surface area contributed by atoms with Gasteiger partial charge >= 0.3 is 0 Å². The number of piperazine rings is 1. The molecule has 2 aliphatic heterocycles. The molecule has 30 heavy (non-hydrogen) atoms. The van der Waals surface area contributed by atoms with E-state index in [0.717, 1.165) is 49.8 Å². The fourth-order valence-corrected chi connectivity index (χ4v) is 4.48. The van der Waals surface area contributed by atoms with Crippen LogP contribution < -0.4 is 4.90 Å². The normalized spacial score (nSPS) is 23.2.